The average Bonchev–Trinajstić information content (AvgIpc) is 2.37. The van der Waals surface area contributed by atoms with E-state index in [1.807, 2.05) is 13.0 Å². The highest BCUT2D eigenvalue weighted by molar-refractivity contribution is 7.80. The molecule has 19 heavy (non-hydrogen) atoms. The molecule has 1 aliphatic heterocycles. The minimum atomic E-state index is 0.413. The van der Waals surface area contributed by atoms with Gasteiger partial charge in [0.25, 0.3) is 0 Å². The van der Waals surface area contributed by atoms with Crippen LogP contribution in [0.1, 0.15) is 24.0 Å². The summed E-state index contributed by atoms with van der Waals surface area (Å²) < 4.78 is 0. The lowest BCUT2D eigenvalue weighted by Crippen LogP contribution is -2.33. The van der Waals surface area contributed by atoms with E-state index in [9.17, 15) is 0 Å². The van der Waals surface area contributed by atoms with Crippen LogP contribution in [0.4, 0.5) is 5.82 Å². The lowest BCUT2D eigenvalue weighted by Gasteiger charge is -2.29. The smallest absolute Gasteiger partial charge is 0.136 e. The molecule has 1 aromatic heterocycles. The maximum atomic E-state index is 5.79. The number of rotatable bonds is 4. The van der Waals surface area contributed by atoms with Gasteiger partial charge in [-0.05, 0) is 57.5 Å². The Labute approximate surface area is 120 Å². The third-order valence-corrected chi connectivity index (χ3v) is 4.01. The Morgan fingerprint density at radius 3 is 2.84 bits per heavy atom. The molecule has 1 aromatic rings. The lowest BCUT2D eigenvalue weighted by molar-refractivity contribution is 0.226. The zero-order valence-electron chi connectivity index (χ0n) is 11.6. The van der Waals surface area contributed by atoms with Crippen molar-refractivity contribution in [2.75, 3.05) is 32.0 Å². The predicted molar refractivity (Wildman–Crippen MR) is 83.6 cm³/mol. The van der Waals surface area contributed by atoms with Crippen LogP contribution in [0.5, 0.6) is 0 Å². The van der Waals surface area contributed by atoms with E-state index in [4.69, 9.17) is 18.0 Å². The molecule has 5 heteroatoms. The van der Waals surface area contributed by atoms with Gasteiger partial charge in [0.05, 0.1) is 5.56 Å². The molecule has 0 atom stereocenters. The number of nitrogens with zero attached hydrogens (tertiary/aromatic N) is 2. The summed E-state index contributed by atoms with van der Waals surface area (Å²) in [6.45, 7) is 5.31. The monoisotopic (exact) mass is 278 g/mol. The van der Waals surface area contributed by atoms with Crippen LogP contribution in [-0.4, -0.2) is 41.6 Å². The highest BCUT2D eigenvalue weighted by Crippen LogP contribution is 2.20. The van der Waals surface area contributed by atoms with Crippen molar-refractivity contribution < 1.29 is 0 Å². The molecule has 1 saturated heterocycles. The zero-order chi connectivity index (χ0) is 13.8. The van der Waals surface area contributed by atoms with E-state index in [1.54, 1.807) is 6.20 Å². The number of likely N-dealkylation sites (tertiary alicyclic amines) is 1. The first kappa shape index (κ1) is 14.2. The number of thiocarbonyl (C=S) groups is 1. The number of anilines is 1. The van der Waals surface area contributed by atoms with Crippen LogP contribution in [-0.2, 0) is 0 Å². The van der Waals surface area contributed by atoms with E-state index in [2.05, 4.69) is 22.2 Å². The van der Waals surface area contributed by atoms with Gasteiger partial charge in [-0.25, -0.2) is 4.98 Å². The van der Waals surface area contributed by atoms with Crippen molar-refractivity contribution in [2.24, 2.45) is 11.7 Å². The summed E-state index contributed by atoms with van der Waals surface area (Å²) >= 11 is 5.11. The molecule has 0 bridgehead atoms. The topological polar surface area (TPSA) is 54.2 Å². The van der Waals surface area contributed by atoms with Crippen molar-refractivity contribution in [1.29, 1.82) is 0 Å². The van der Waals surface area contributed by atoms with Crippen molar-refractivity contribution in [3.63, 3.8) is 0 Å². The van der Waals surface area contributed by atoms with E-state index >= 15 is 0 Å². The third-order valence-electron chi connectivity index (χ3n) is 3.80. The van der Waals surface area contributed by atoms with E-state index in [1.165, 1.54) is 25.9 Å². The molecule has 2 rings (SSSR count). The number of pyridine rings is 1. The second kappa shape index (κ2) is 6.30. The van der Waals surface area contributed by atoms with Crippen LogP contribution >= 0.6 is 12.2 Å². The second-order valence-electron chi connectivity index (χ2n) is 5.34. The summed E-state index contributed by atoms with van der Waals surface area (Å²) in [5.41, 5.74) is 7.74. The van der Waals surface area contributed by atoms with Crippen molar-refractivity contribution in [3.8, 4) is 0 Å². The molecule has 0 radical (unpaired) electrons. The standard InChI is InChI=1S/C14H22N4S/c1-10-3-6-16-14(12(10)13(15)19)17-9-11-4-7-18(2)8-5-11/h3,6,11H,4-5,7-9H2,1-2H3,(H2,15,19)(H,16,17). The Balaban J connectivity index is 2.00. The molecule has 0 aliphatic carbocycles. The maximum absolute atomic E-state index is 5.79. The summed E-state index contributed by atoms with van der Waals surface area (Å²) in [5.74, 6) is 1.53. The van der Waals surface area contributed by atoms with Gasteiger partial charge in [-0.2, -0.15) is 0 Å². The van der Waals surface area contributed by atoms with Crippen LogP contribution in [0.25, 0.3) is 0 Å². The van der Waals surface area contributed by atoms with Crippen molar-refractivity contribution in [1.82, 2.24) is 9.88 Å². The summed E-state index contributed by atoms with van der Waals surface area (Å²) in [7, 11) is 2.18. The molecule has 0 spiro atoms. The van der Waals surface area contributed by atoms with Gasteiger partial charge in [-0.15, -0.1) is 0 Å². The van der Waals surface area contributed by atoms with Gasteiger partial charge >= 0.3 is 0 Å². The Bertz CT molecular complexity index is 453. The fourth-order valence-electron chi connectivity index (χ4n) is 2.51. The van der Waals surface area contributed by atoms with Gasteiger partial charge in [-0.1, -0.05) is 12.2 Å². The first-order valence-corrected chi connectivity index (χ1v) is 7.16. The number of hydrogen-bond donors (Lipinski definition) is 2. The fraction of sp³-hybridized carbons (Fsp3) is 0.571. The Morgan fingerprint density at radius 1 is 1.53 bits per heavy atom. The predicted octanol–water partition coefficient (Wildman–Crippen LogP) is 1.78. The molecule has 2 heterocycles. The van der Waals surface area contributed by atoms with Gasteiger partial charge in [0.15, 0.2) is 0 Å². The van der Waals surface area contributed by atoms with Crippen LogP contribution in [0.2, 0.25) is 0 Å². The molecule has 0 unspecified atom stereocenters. The Kier molecular flexibility index (Phi) is 4.71. The molecule has 4 nitrogen and oxygen atoms in total. The van der Waals surface area contributed by atoms with Crippen LogP contribution < -0.4 is 11.1 Å². The van der Waals surface area contributed by atoms with Crippen molar-refractivity contribution >= 4 is 23.0 Å². The van der Waals surface area contributed by atoms with E-state index < -0.39 is 0 Å². The van der Waals surface area contributed by atoms with Crippen LogP contribution in [0.3, 0.4) is 0 Å². The summed E-state index contributed by atoms with van der Waals surface area (Å²) in [4.78, 5) is 7.16. The molecule has 104 valence electrons. The summed E-state index contributed by atoms with van der Waals surface area (Å²) in [5, 5.41) is 3.42. The minimum Gasteiger partial charge on any atom is -0.389 e. The highest BCUT2D eigenvalue weighted by atomic mass is 32.1. The normalized spacial score (nSPS) is 17.4. The number of piperidine rings is 1. The summed E-state index contributed by atoms with van der Waals surface area (Å²) in [6.07, 6.45) is 4.27. The second-order valence-corrected chi connectivity index (χ2v) is 5.78. The molecular formula is C14H22N4S. The molecule has 0 amide bonds. The number of aryl methyl sites for hydroxylation is 1. The number of nitrogens with two attached hydrogens (primary N) is 1. The molecule has 1 aliphatic rings. The number of hydrogen-bond acceptors (Lipinski definition) is 4. The molecule has 3 N–H and O–H groups in total. The molecule has 0 saturated carbocycles. The molecular weight excluding hydrogens is 256 g/mol. The molecule has 1 fully saturated rings. The summed E-state index contributed by atoms with van der Waals surface area (Å²) in [6, 6.07) is 1.94. The van der Waals surface area contributed by atoms with Gasteiger partial charge in [0.2, 0.25) is 0 Å². The quantitative estimate of drug-likeness (QED) is 0.822. The fourth-order valence-corrected chi connectivity index (χ4v) is 2.77. The number of nitrogens with one attached hydrogen (secondary N) is 1. The molecule has 0 aromatic carbocycles. The first-order chi connectivity index (χ1) is 9.08. The van der Waals surface area contributed by atoms with Gasteiger partial charge < -0.3 is 16.0 Å². The largest absolute Gasteiger partial charge is 0.389 e. The maximum Gasteiger partial charge on any atom is 0.136 e. The van der Waals surface area contributed by atoms with Gasteiger partial charge in [0.1, 0.15) is 10.8 Å². The zero-order valence-corrected chi connectivity index (χ0v) is 12.5. The van der Waals surface area contributed by atoms with E-state index in [0.29, 0.717) is 10.9 Å². The van der Waals surface area contributed by atoms with Crippen LogP contribution in [0, 0.1) is 12.8 Å². The lowest BCUT2D eigenvalue weighted by atomic mass is 9.97. The van der Waals surface area contributed by atoms with E-state index in [-0.39, 0.29) is 0 Å². The van der Waals surface area contributed by atoms with Crippen molar-refractivity contribution in [2.45, 2.75) is 19.8 Å². The van der Waals surface area contributed by atoms with Gasteiger partial charge in [0, 0.05) is 12.7 Å². The van der Waals surface area contributed by atoms with E-state index in [0.717, 1.165) is 23.5 Å². The first-order valence-electron chi connectivity index (χ1n) is 6.75. The average molecular weight is 278 g/mol. The van der Waals surface area contributed by atoms with Crippen LogP contribution in [0.15, 0.2) is 12.3 Å². The SMILES string of the molecule is Cc1ccnc(NCC2CCN(C)CC2)c1C(N)=S. The van der Waals surface area contributed by atoms with Gasteiger partial charge in [-0.3, -0.25) is 0 Å². The van der Waals surface area contributed by atoms with Crippen molar-refractivity contribution in [3.05, 3.63) is 23.4 Å². The highest BCUT2D eigenvalue weighted by Gasteiger charge is 2.17. The minimum absolute atomic E-state index is 0.413. The number of aromatic nitrogens is 1. The Morgan fingerprint density at radius 2 is 2.21 bits per heavy atom. The third kappa shape index (κ3) is 3.64. The Hall–Kier alpha value is -1.20.